The van der Waals surface area contributed by atoms with Gasteiger partial charge in [0.1, 0.15) is 0 Å². The maximum atomic E-state index is 4.55. The highest BCUT2D eigenvalue weighted by Gasteiger charge is 2.13. The Morgan fingerprint density at radius 3 is 2.39 bits per heavy atom. The molecule has 0 aliphatic heterocycles. The van der Waals surface area contributed by atoms with Crippen LogP contribution >= 0.6 is 0 Å². The molecule has 0 amide bonds. The number of nitrogens with zero attached hydrogens (tertiary/aromatic N) is 2. The van der Waals surface area contributed by atoms with Crippen molar-refractivity contribution in [3.05, 3.63) is 47.8 Å². The highest BCUT2D eigenvalue weighted by atomic mass is 15.2. The molecular weight excluding hydrogens is 222 g/mol. The van der Waals surface area contributed by atoms with E-state index in [4.69, 9.17) is 0 Å². The number of nitrogens with one attached hydrogen (secondary N) is 1. The molecule has 1 N–H and O–H groups in total. The lowest BCUT2D eigenvalue weighted by atomic mass is 10.1. The van der Waals surface area contributed by atoms with Crippen LogP contribution in [0, 0.1) is 6.92 Å². The molecule has 0 saturated carbocycles. The third-order valence-electron chi connectivity index (χ3n) is 2.97. The van der Waals surface area contributed by atoms with E-state index in [1.807, 2.05) is 13.0 Å². The fourth-order valence-corrected chi connectivity index (χ4v) is 2.07. The normalized spacial score (nSPS) is 12.7. The molecule has 0 spiro atoms. The minimum atomic E-state index is 0.286. The van der Waals surface area contributed by atoms with Crippen LogP contribution in [-0.4, -0.2) is 15.6 Å². The van der Waals surface area contributed by atoms with Crippen LogP contribution in [0.5, 0.6) is 0 Å². The Bertz CT molecular complexity index is 500. The molecule has 0 aliphatic carbocycles. The van der Waals surface area contributed by atoms with Crippen LogP contribution in [0.2, 0.25) is 0 Å². The van der Waals surface area contributed by atoms with E-state index in [9.17, 15) is 0 Å². The number of imidazole rings is 1. The van der Waals surface area contributed by atoms with E-state index in [-0.39, 0.29) is 6.04 Å². The van der Waals surface area contributed by atoms with E-state index < -0.39 is 0 Å². The molecule has 1 aromatic carbocycles. The van der Waals surface area contributed by atoms with Crippen molar-refractivity contribution < 1.29 is 0 Å². The first-order valence-electron chi connectivity index (χ1n) is 6.45. The van der Waals surface area contributed by atoms with Crippen molar-refractivity contribution in [3.8, 4) is 0 Å². The second-order valence-electron chi connectivity index (χ2n) is 5.00. The van der Waals surface area contributed by atoms with Crippen LogP contribution in [0.15, 0.2) is 36.5 Å². The SMILES string of the molecule is Cc1cn(C(C)c2ccccc2)c(NC(C)C)n1. The molecule has 3 nitrogen and oxygen atoms in total. The molecule has 1 unspecified atom stereocenters. The summed E-state index contributed by atoms with van der Waals surface area (Å²) in [5, 5.41) is 3.40. The summed E-state index contributed by atoms with van der Waals surface area (Å²) in [5.74, 6) is 0.943. The summed E-state index contributed by atoms with van der Waals surface area (Å²) >= 11 is 0. The van der Waals surface area contributed by atoms with Crippen molar-refractivity contribution in [2.24, 2.45) is 0 Å². The van der Waals surface area contributed by atoms with E-state index >= 15 is 0 Å². The van der Waals surface area contributed by atoms with Crippen LogP contribution in [0.4, 0.5) is 5.95 Å². The van der Waals surface area contributed by atoms with Gasteiger partial charge in [0.25, 0.3) is 0 Å². The molecule has 1 heterocycles. The molecule has 18 heavy (non-hydrogen) atoms. The molecule has 0 aliphatic rings. The number of aryl methyl sites for hydroxylation is 1. The molecule has 1 atom stereocenters. The molecule has 96 valence electrons. The lowest BCUT2D eigenvalue weighted by molar-refractivity contribution is 0.638. The van der Waals surface area contributed by atoms with Crippen molar-refractivity contribution >= 4 is 5.95 Å². The summed E-state index contributed by atoms with van der Waals surface area (Å²) in [4.78, 5) is 4.55. The van der Waals surface area contributed by atoms with Gasteiger partial charge in [-0.25, -0.2) is 4.98 Å². The zero-order chi connectivity index (χ0) is 13.1. The summed E-state index contributed by atoms with van der Waals surface area (Å²) in [5.41, 5.74) is 2.34. The summed E-state index contributed by atoms with van der Waals surface area (Å²) in [6.07, 6.45) is 2.10. The lowest BCUT2D eigenvalue weighted by Gasteiger charge is -2.18. The maximum Gasteiger partial charge on any atom is 0.203 e. The minimum Gasteiger partial charge on any atom is -0.353 e. The summed E-state index contributed by atoms with van der Waals surface area (Å²) in [6, 6.07) is 11.2. The fourth-order valence-electron chi connectivity index (χ4n) is 2.07. The smallest absolute Gasteiger partial charge is 0.203 e. The predicted octanol–water partition coefficient (Wildman–Crippen LogP) is 3.62. The van der Waals surface area contributed by atoms with Gasteiger partial charge in [-0.15, -0.1) is 0 Å². The Morgan fingerprint density at radius 1 is 1.11 bits per heavy atom. The zero-order valence-electron chi connectivity index (χ0n) is 11.5. The standard InChI is InChI=1S/C15H21N3/c1-11(2)16-15-17-12(3)10-18(15)13(4)14-8-6-5-7-9-14/h5-11,13H,1-4H3,(H,16,17). The highest BCUT2D eigenvalue weighted by Crippen LogP contribution is 2.22. The van der Waals surface area contributed by atoms with Crippen molar-refractivity contribution in [1.29, 1.82) is 0 Å². The Kier molecular flexibility index (Phi) is 3.70. The van der Waals surface area contributed by atoms with Gasteiger partial charge in [0, 0.05) is 12.2 Å². The average Bonchev–Trinajstić information content (AvgIpc) is 2.69. The van der Waals surface area contributed by atoms with E-state index in [2.05, 4.69) is 66.1 Å². The van der Waals surface area contributed by atoms with Crippen LogP contribution in [0.3, 0.4) is 0 Å². The number of benzene rings is 1. The third kappa shape index (κ3) is 2.73. The molecule has 0 fully saturated rings. The number of hydrogen-bond acceptors (Lipinski definition) is 2. The van der Waals surface area contributed by atoms with E-state index in [0.29, 0.717) is 6.04 Å². The molecule has 0 radical (unpaired) electrons. The van der Waals surface area contributed by atoms with E-state index in [1.54, 1.807) is 0 Å². The Labute approximate surface area is 109 Å². The van der Waals surface area contributed by atoms with Gasteiger partial charge in [0.15, 0.2) is 0 Å². The topological polar surface area (TPSA) is 29.9 Å². The number of rotatable bonds is 4. The van der Waals surface area contributed by atoms with Gasteiger partial charge in [-0.1, -0.05) is 30.3 Å². The zero-order valence-corrected chi connectivity index (χ0v) is 11.5. The molecule has 1 aromatic heterocycles. The van der Waals surface area contributed by atoms with Gasteiger partial charge >= 0.3 is 0 Å². The van der Waals surface area contributed by atoms with Gasteiger partial charge in [-0.05, 0) is 33.3 Å². The van der Waals surface area contributed by atoms with Crippen LogP contribution in [0.1, 0.15) is 38.1 Å². The predicted molar refractivity (Wildman–Crippen MR) is 76.0 cm³/mol. The number of anilines is 1. The largest absolute Gasteiger partial charge is 0.353 e. The van der Waals surface area contributed by atoms with Gasteiger partial charge in [0.2, 0.25) is 5.95 Å². The van der Waals surface area contributed by atoms with Crippen molar-refractivity contribution in [3.63, 3.8) is 0 Å². The second kappa shape index (κ2) is 5.25. The van der Waals surface area contributed by atoms with Crippen molar-refractivity contribution in [1.82, 2.24) is 9.55 Å². The minimum absolute atomic E-state index is 0.286. The van der Waals surface area contributed by atoms with Crippen molar-refractivity contribution in [2.75, 3.05) is 5.32 Å². The quantitative estimate of drug-likeness (QED) is 0.888. The molecule has 0 bridgehead atoms. The van der Waals surface area contributed by atoms with Gasteiger partial charge < -0.3 is 9.88 Å². The summed E-state index contributed by atoms with van der Waals surface area (Å²) in [7, 11) is 0. The van der Waals surface area contributed by atoms with Crippen LogP contribution < -0.4 is 5.32 Å². The monoisotopic (exact) mass is 243 g/mol. The first-order valence-corrected chi connectivity index (χ1v) is 6.45. The average molecular weight is 243 g/mol. The molecular formula is C15H21N3. The maximum absolute atomic E-state index is 4.55. The van der Waals surface area contributed by atoms with Gasteiger partial charge in [-0.3, -0.25) is 0 Å². The Morgan fingerprint density at radius 2 is 1.78 bits per heavy atom. The lowest BCUT2D eigenvalue weighted by Crippen LogP contribution is -2.16. The highest BCUT2D eigenvalue weighted by molar-refractivity contribution is 5.33. The van der Waals surface area contributed by atoms with Crippen molar-refractivity contribution in [2.45, 2.75) is 39.8 Å². The van der Waals surface area contributed by atoms with Crippen LogP contribution in [0.25, 0.3) is 0 Å². The Balaban J connectivity index is 2.32. The number of aromatic nitrogens is 2. The van der Waals surface area contributed by atoms with E-state index in [1.165, 1.54) is 5.56 Å². The molecule has 0 saturated heterocycles. The van der Waals surface area contributed by atoms with Crippen LogP contribution in [-0.2, 0) is 0 Å². The fraction of sp³-hybridized carbons (Fsp3) is 0.400. The summed E-state index contributed by atoms with van der Waals surface area (Å²) in [6.45, 7) is 8.48. The molecule has 2 rings (SSSR count). The summed E-state index contributed by atoms with van der Waals surface area (Å²) < 4.78 is 2.20. The Hall–Kier alpha value is -1.77. The molecule has 3 heteroatoms. The van der Waals surface area contributed by atoms with Gasteiger partial charge in [-0.2, -0.15) is 0 Å². The molecule has 2 aromatic rings. The first kappa shape index (κ1) is 12.7. The second-order valence-corrected chi connectivity index (χ2v) is 5.00. The number of hydrogen-bond donors (Lipinski definition) is 1. The van der Waals surface area contributed by atoms with Gasteiger partial charge in [0.05, 0.1) is 11.7 Å². The first-order chi connectivity index (χ1) is 8.58. The van der Waals surface area contributed by atoms with E-state index in [0.717, 1.165) is 11.6 Å². The third-order valence-corrected chi connectivity index (χ3v) is 2.97.